The second-order valence-electron chi connectivity index (χ2n) is 11.8. The van der Waals surface area contributed by atoms with Crippen LogP contribution >= 0.6 is 0 Å². The molecule has 8 heteroatoms. The van der Waals surface area contributed by atoms with Crippen molar-refractivity contribution in [1.82, 2.24) is 14.8 Å². The zero-order chi connectivity index (χ0) is 27.4. The summed E-state index contributed by atoms with van der Waals surface area (Å²) in [5, 5.41) is 1.02. The van der Waals surface area contributed by atoms with Crippen LogP contribution in [0.15, 0.2) is 36.4 Å². The molecule has 1 unspecified atom stereocenters. The van der Waals surface area contributed by atoms with Crippen molar-refractivity contribution in [2.45, 2.75) is 71.0 Å². The van der Waals surface area contributed by atoms with E-state index in [0.29, 0.717) is 25.2 Å². The number of aromatic amines is 1. The first kappa shape index (κ1) is 27.0. The Labute approximate surface area is 222 Å². The Hall–Kier alpha value is -2.58. The summed E-state index contributed by atoms with van der Waals surface area (Å²) >= 11 is 0. The van der Waals surface area contributed by atoms with Gasteiger partial charge in [-0.2, -0.15) is 0 Å². The molecule has 1 saturated heterocycles. The third-order valence-corrected chi connectivity index (χ3v) is 8.10. The Bertz CT molecular complexity index is 1270. The topological polar surface area (TPSA) is 31.5 Å². The van der Waals surface area contributed by atoms with Gasteiger partial charge >= 0.3 is 0 Å². The molecule has 0 radical (unpaired) electrons. The van der Waals surface area contributed by atoms with Gasteiger partial charge in [-0.15, -0.1) is 0 Å². The number of hydrogen-bond donors (Lipinski definition) is 1. The molecule has 0 amide bonds. The number of alkyl halides is 2. The van der Waals surface area contributed by atoms with Gasteiger partial charge in [-0.25, -0.2) is 17.6 Å². The van der Waals surface area contributed by atoms with Crippen LogP contribution in [0, 0.1) is 17.6 Å². The van der Waals surface area contributed by atoms with Gasteiger partial charge < -0.3 is 9.72 Å². The van der Waals surface area contributed by atoms with Crippen LogP contribution in [0.25, 0.3) is 10.9 Å². The Balaban J connectivity index is 1.45. The number of halogens is 4. The van der Waals surface area contributed by atoms with E-state index in [4.69, 9.17) is 4.74 Å². The molecule has 0 spiro atoms. The number of hydrogen-bond acceptors (Lipinski definition) is 3. The Morgan fingerprint density at radius 2 is 1.76 bits per heavy atom. The van der Waals surface area contributed by atoms with Crippen LogP contribution in [-0.4, -0.2) is 64.9 Å². The highest BCUT2D eigenvalue weighted by atomic mass is 19.1. The minimum Gasteiger partial charge on any atom is -0.492 e. The van der Waals surface area contributed by atoms with Gasteiger partial charge in [-0.1, -0.05) is 18.2 Å². The fourth-order valence-corrected chi connectivity index (χ4v) is 5.93. The van der Waals surface area contributed by atoms with Crippen LogP contribution in [0.3, 0.4) is 0 Å². The summed E-state index contributed by atoms with van der Waals surface area (Å²) < 4.78 is 65.7. The number of aromatic nitrogens is 1. The monoisotopic (exact) mass is 531 g/mol. The Morgan fingerprint density at radius 3 is 2.39 bits per heavy atom. The molecule has 4 atom stereocenters. The predicted molar refractivity (Wildman–Crippen MR) is 142 cm³/mol. The number of benzene rings is 2. The summed E-state index contributed by atoms with van der Waals surface area (Å²) in [6.45, 7) is 10.0. The van der Waals surface area contributed by atoms with E-state index in [2.05, 4.69) is 9.88 Å². The van der Waals surface area contributed by atoms with Crippen molar-refractivity contribution >= 4 is 10.9 Å². The zero-order valence-corrected chi connectivity index (χ0v) is 22.7. The van der Waals surface area contributed by atoms with Crippen molar-refractivity contribution in [3.8, 4) is 5.75 Å². The summed E-state index contributed by atoms with van der Waals surface area (Å²) in [6.07, 6.45) is -0.204. The van der Waals surface area contributed by atoms with Gasteiger partial charge in [0, 0.05) is 71.9 Å². The lowest BCUT2D eigenvalue weighted by atomic mass is 9.87. The normalized spacial score (nSPS) is 22.8. The molecule has 4 nitrogen and oxygen atoms in total. The predicted octanol–water partition coefficient (Wildman–Crippen LogP) is 6.59. The van der Waals surface area contributed by atoms with Crippen LogP contribution in [0.5, 0.6) is 5.75 Å². The van der Waals surface area contributed by atoms with Gasteiger partial charge in [0.15, 0.2) is 0 Å². The largest absolute Gasteiger partial charge is 0.492 e. The molecule has 0 aliphatic carbocycles. The van der Waals surface area contributed by atoms with E-state index in [9.17, 15) is 8.78 Å². The van der Waals surface area contributed by atoms with Gasteiger partial charge in [0.05, 0.1) is 6.04 Å². The molecule has 2 aliphatic heterocycles. The SMILES string of the molecule is CC(F)C1CN([C@@H](C)COc2cc(F)c([C@@H]3c4[nH]c5ccccc5c4C[C@@H](C)N3CC(C)(C)F)c(F)c2)C1. The van der Waals surface area contributed by atoms with Crippen molar-refractivity contribution in [2.24, 2.45) is 5.92 Å². The summed E-state index contributed by atoms with van der Waals surface area (Å²) in [5.41, 5.74) is 0.924. The molecule has 1 N–H and O–H groups in total. The van der Waals surface area contributed by atoms with Gasteiger partial charge in [0.2, 0.25) is 0 Å². The fraction of sp³-hybridized carbons (Fsp3) is 0.533. The number of likely N-dealkylation sites (tertiary alicyclic amines) is 1. The number of fused-ring (bicyclic) bond motifs is 3. The van der Waals surface area contributed by atoms with E-state index >= 15 is 8.78 Å². The van der Waals surface area contributed by atoms with Crippen LogP contribution in [0.4, 0.5) is 17.6 Å². The quantitative estimate of drug-likeness (QED) is 0.333. The highest BCUT2D eigenvalue weighted by Crippen LogP contribution is 2.43. The minimum atomic E-state index is -1.56. The van der Waals surface area contributed by atoms with Crippen molar-refractivity contribution < 1.29 is 22.3 Å². The van der Waals surface area contributed by atoms with Crippen molar-refractivity contribution in [2.75, 3.05) is 26.2 Å². The highest BCUT2D eigenvalue weighted by Gasteiger charge is 2.41. The lowest BCUT2D eigenvalue weighted by molar-refractivity contribution is 0.00295. The molecular formula is C30H37F4N3O. The van der Waals surface area contributed by atoms with E-state index in [0.717, 1.165) is 16.5 Å². The van der Waals surface area contributed by atoms with E-state index in [1.807, 2.05) is 43.0 Å². The standard InChI is InChI=1S/C30H37F4N3O/c1-17-10-23-22-8-6-7-9-26(22)35-28(23)29(37(17)16-30(4,5)34)27-24(32)11-21(12-25(27)33)38-15-18(2)36-13-20(14-36)19(3)31/h6-9,11-12,17-20,29,35H,10,13-16H2,1-5H3/t17-,18+,19?,29-/m1/s1. The van der Waals surface area contributed by atoms with E-state index in [1.165, 1.54) is 26.0 Å². The first-order valence-corrected chi connectivity index (χ1v) is 13.5. The number of H-pyrrole nitrogens is 1. The first-order chi connectivity index (χ1) is 17.9. The molecule has 3 heterocycles. The van der Waals surface area contributed by atoms with Crippen LogP contribution < -0.4 is 4.74 Å². The van der Waals surface area contributed by atoms with Crippen LogP contribution in [-0.2, 0) is 6.42 Å². The molecule has 38 heavy (non-hydrogen) atoms. The van der Waals surface area contributed by atoms with Crippen molar-refractivity contribution in [3.05, 3.63) is 64.9 Å². The maximum atomic E-state index is 15.8. The molecular weight excluding hydrogens is 494 g/mol. The van der Waals surface area contributed by atoms with Crippen LogP contribution in [0.1, 0.15) is 57.5 Å². The molecule has 1 fully saturated rings. The van der Waals surface area contributed by atoms with Crippen molar-refractivity contribution in [3.63, 3.8) is 0 Å². The molecule has 0 bridgehead atoms. The summed E-state index contributed by atoms with van der Waals surface area (Å²) in [7, 11) is 0. The summed E-state index contributed by atoms with van der Waals surface area (Å²) in [6, 6.07) is 9.28. The number of nitrogens with one attached hydrogen (secondary N) is 1. The summed E-state index contributed by atoms with van der Waals surface area (Å²) in [5.74, 6) is -1.33. The lowest BCUT2D eigenvalue weighted by Crippen LogP contribution is -2.55. The van der Waals surface area contributed by atoms with Gasteiger partial charge in [0.1, 0.15) is 35.8 Å². The average Bonchev–Trinajstić information content (AvgIpc) is 3.15. The van der Waals surface area contributed by atoms with Crippen LogP contribution in [0.2, 0.25) is 0 Å². The first-order valence-electron chi connectivity index (χ1n) is 13.5. The Morgan fingerprint density at radius 1 is 1.11 bits per heavy atom. The van der Waals surface area contributed by atoms with E-state index in [-0.39, 0.29) is 42.5 Å². The fourth-order valence-electron chi connectivity index (χ4n) is 5.93. The molecule has 1 aromatic heterocycles. The van der Waals surface area contributed by atoms with E-state index in [1.54, 1.807) is 6.92 Å². The highest BCUT2D eigenvalue weighted by molar-refractivity contribution is 5.85. The molecule has 5 rings (SSSR count). The van der Waals surface area contributed by atoms with Gasteiger partial charge in [-0.3, -0.25) is 9.80 Å². The third-order valence-electron chi connectivity index (χ3n) is 8.10. The van der Waals surface area contributed by atoms with Gasteiger partial charge in [-0.05, 0) is 52.7 Å². The minimum absolute atomic E-state index is 0.00817. The smallest absolute Gasteiger partial charge is 0.135 e. The molecule has 2 aromatic carbocycles. The third kappa shape index (κ3) is 5.17. The number of ether oxygens (including phenoxy) is 1. The second-order valence-corrected chi connectivity index (χ2v) is 11.8. The Kier molecular flexibility index (Phi) is 7.24. The molecule has 0 saturated carbocycles. The number of para-hydroxylation sites is 1. The second kappa shape index (κ2) is 10.2. The zero-order valence-electron chi connectivity index (χ0n) is 22.7. The van der Waals surface area contributed by atoms with E-state index < -0.39 is 29.5 Å². The lowest BCUT2D eigenvalue weighted by Gasteiger charge is -2.43. The molecule has 2 aliphatic rings. The summed E-state index contributed by atoms with van der Waals surface area (Å²) in [4.78, 5) is 7.34. The molecule has 3 aromatic rings. The average molecular weight is 532 g/mol. The van der Waals surface area contributed by atoms with Crippen molar-refractivity contribution in [1.29, 1.82) is 0 Å². The number of rotatable bonds is 8. The van der Waals surface area contributed by atoms with Gasteiger partial charge in [0.25, 0.3) is 0 Å². The maximum Gasteiger partial charge on any atom is 0.135 e. The molecule has 206 valence electrons. The number of nitrogens with zero attached hydrogens (tertiary/aromatic N) is 2. The maximum absolute atomic E-state index is 15.8.